The number of aliphatic carboxylic acids is 2. The second-order valence-electron chi connectivity index (χ2n) is 13.8. The highest BCUT2D eigenvalue weighted by Crippen LogP contribution is 2.37. The molecule has 0 spiro atoms. The lowest BCUT2D eigenvalue weighted by Crippen LogP contribution is -2.48. The third-order valence-electron chi connectivity index (χ3n) is 9.17. The van der Waals surface area contributed by atoms with Crippen molar-refractivity contribution in [2.75, 3.05) is 77.6 Å². The second kappa shape index (κ2) is 34.3. The van der Waals surface area contributed by atoms with Crippen LogP contribution in [-0.4, -0.2) is 234 Å². The molecule has 2 aromatic carbocycles. The van der Waals surface area contributed by atoms with Gasteiger partial charge in [0.1, 0.15) is 0 Å². The molecule has 0 bridgehead atoms. The Labute approximate surface area is 479 Å². The molecule has 0 aromatic heterocycles. The topological polar surface area (TPSA) is 478 Å². The van der Waals surface area contributed by atoms with Crippen LogP contribution < -0.4 is 31.9 Å². The minimum absolute atomic E-state index is 0.1000. The van der Waals surface area contributed by atoms with Crippen LogP contribution in [0.25, 0.3) is 0 Å². The first kappa shape index (κ1) is 68.7. The molecule has 27 nitrogen and oxygen atoms in total. The van der Waals surface area contributed by atoms with Crippen LogP contribution in [0.1, 0.15) is 41.4 Å². The minimum atomic E-state index is -2.30. The Bertz CT molecular complexity index is 1850. The van der Waals surface area contributed by atoms with Gasteiger partial charge in [-0.25, -0.2) is 9.59 Å². The Hall–Kier alpha value is -1.28. The number of nitrogens with one attached hydrogen (secondary N) is 6. The van der Waals surface area contributed by atoms with Gasteiger partial charge in [0.15, 0.2) is 0 Å². The van der Waals surface area contributed by atoms with Crippen molar-refractivity contribution in [2.45, 2.75) is 54.7 Å². The molecule has 8 atom stereocenters. The van der Waals surface area contributed by atoms with Gasteiger partial charge >= 0.3 is 11.9 Å². The van der Waals surface area contributed by atoms with E-state index in [2.05, 4.69) is 31.9 Å². The smallest absolute Gasteiger partial charge is 0.344 e. The van der Waals surface area contributed by atoms with Gasteiger partial charge in [-0.1, -0.05) is 0 Å². The lowest BCUT2D eigenvalue weighted by molar-refractivity contribution is -0.161. The summed E-state index contributed by atoms with van der Waals surface area (Å²) < 4.78 is 2.43. The number of amides is 4. The summed E-state index contributed by atoms with van der Waals surface area (Å²) in [7, 11) is 3.21. The number of carbonyl (C=O) groups is 6. The standard InChI is InChI=1S/2C17H24I3N3O8.C3H4O5/c2*1-21-15-13(19)10(16(30)22-6(2-24)8(28)4-26)12(18)11(14(15)20)17(31)23-7(3-25)9(29)5-27;4-1(2(5)6)3(7)8/h2*6-9,21,24-29H,2-5H2,1H3,(H,22,30)(H,23,31);1,4H,(H,5,6)(H,7,8). The fraction of sp³-hybridized carbons (Fsp3) is 0.514. The molecule has 2 aromatic rings. The number of anilines is 2. The Kier molecular flexibility index (Phi) is 33.7. The van der Waals surface area contributed by atoms with E-state index < -0.39 is 143 Å². The number of hydrogen-bond acceptors (Lipinski definition) is 21. The fourth-order valence-corrected chi connectivity index (χ4v) is 14.6. The van der Waals surface area contributed by atoms with Crippen molar-refractivity contribution < 1.29 is 105 Å². The van der Waals surface area contributed by atoms with Gasteiger partial charge < -0.3 is 108 Å². The van der Waals surface area contributed by atoms with Crippen molar-refractivity contribution in [3.63, 3.8) is 0 Å². The van der Waals surface area contributed by atoms with Gasteiger partial charge in [0.25, 0.3) is 23.6 Å². The normalized spacial score (nSPS) is 14.4. The quantitative estimate of drug-likeness (QED) is 0.0347. The molecule has 4 amide bonds. The van der Waals surface area contributed by atoms with Crippen LogP contribution in [0.4, 0.5) is 11.4 Å². The average molecular weight is 1680 g/mol. The van der Waals surface area contributed by atoms with E-state index >= 15 is 0 Å². The van der Waals surface area contributed by atoms with Crippen LogP contribution in [0, 0.1) is 21.4 Å². The number of carbonyl (C=O) groups excluding carboxylic acids is 4. The predicted molar refractivity (Wildman–Crippen MR) is 295 cm³/mol. The molecule has 0 aliphatic rings. The summed E-state index contributed by atoms with van der Waals surface area (Å²) in [5, 5.41) is 152. The molecule has 0 heterocycles. The van der Waals surface area contributed by atoms with Crippen LogP contribution >= 0.6 is 136 Å². The van der Waals surface area contributed by atoms with Crippen LogP contribution in [0.15, 0.2) is 0 Å². The van der Waals surface area contributed by atoms with E-state index in [9.17, 15) is 69.6 Å². The zero-order valence-corrected chi connectivity index (χ0v) is 49.2. The lowest BCUT2D eigenvalue weighted by Gasteiger charge is -2.24. The Morgan fingerprint density at radius 3 is 0.671 bits per heavy atom. The van der Waals surface area contributed by atoms with E-state index in [1.807, 2.05) is 136 Å². The van der Waals surface area contributed by atoms with Gasteiger partial charge in [0, 0.05) is 21.2 Å². The SMILES string of the molecule is CNc1c(I)c(C(=O)NC(CO)C(O)CO)c(I)c(C(=O)NC(CO)C(O)CO)c1I.CNc1c(I)c(C(=O)NC(CO)C(O)CO)c(I)c(C(=O)NC(CO)C(O)CO)c1I.O=C(O)C(O)C(=O)O. The summed E-state index contributed by atoms with van der Waals surface area (Å²) in [6.07, 6.45) is -7.83. The average Bonchev–Trinajstić information content (AvgIpc) is 3.32. The minimum Gasteiger partial charge on any atom is -0.479 e. The first-order valence-corrected chi connectivity index (χ1v) is 25.9. The summed E-state index contributed by atoms with van der Waals surface area (Å²) in [4.78, 5) is 70.9. The molecule has 21 N–H and O–H groups in total. The highest BCUT2D eigenvalue weighted by molar-refractivity contribution is 14.1. The molecule has 0 aliphatic carbocycles. The van der Waals surface area contributed by atoms with Crippen LogP contribution in [0.3, 0.4) is 0 Å². The summed E-state index contributed by atoms with van der Waals surface area (Å²) in [5.74, 6) is -6.24. The number of aliphatic hydroxyl groups is 13. The third-order valence-corrected chi connectivity index (χ3v) is 15.6. The summed E-state index contributed by atoms with van der Waals surface area (Å²) in [5.41, 5.74) is 1.35. The van der Waals surface area contributed by atoms with Crippen molar-refractivity contribution in [2.24, 2.45) is 0 Å². The molecule has 0 saturated heterocycles. The molecule has 2 rings (SSSR count). The first-order chi connectivity index (χ1) is 32.7. The largest absolute Gasteiger partial charge is 0.479 e. The molecule has 0 saturated carbocycles. The summed E-state index contributed by atoms with van der Waals surface area (Å²) >= 11 is 11.4. The molecule has 0 aliphatic heterocycles. The second-order valence-corrected chi connectivity index (χ2v) is 20.2. The van der Waals surface area contributed by atoms with E-state index in [1.165, 1.54) is 0 Å². The molecule has 0 fully saturated rings. The van der Waals surface area contributed by atoms with E-state index in [0.29, 0.717) is 25.7 Å². The molecule has 8 unspecified atom stereocenters. The predicted octanol–water partition coefficient (Wildman–Crippen LogP) is -4.62. The summed E-state index contributed by atoms with van der Waals surface area (Å²) in [6.45, 7) is -5.14. The molecular formula is C37H52I6N6O21. The van der Waals surface area contributed by atoms with Crippen molar-refractivity contribution in [1.29, 1.82) is 0 Å². The highest BCUT2D eigenvalue weighted by atomic mass is 127. The number of halogens is 6. The monoisotopic (exact) mass is 1680 g/mol. The maximum absolute atomic E-state index is 13.0. The number of benzene rings is 2. The zero-order valence-electron chi connectivity index (χ0n) is 36.3. The molecule has 33 heteroatoms. The lowest BCUT2D eigenvalue weighted by atomic mass is 10.1. The number of aliphatic hydroxyl groups excluding tert-OH is 13. The highest BCUT2D eigenvalue weighted by Gasteiger charge is 2.33. The van der Waals surface area contributed by atoms with Crippen molar-refractivity contribution in [3.05, 3.63) is 43.7 Å². The van der Waals surface area contributed by atoms with E-state index in [4.69, 9.17) is 35.7 Å². The third kappa shape index (κ3) is 19.1. The molecular weight excluding hydrogens is 1630 g/mol. The number of carboxylic acid groups (broad SMARTS) is 2. The maximum atomic E-state index is 13.0. The van der Waals surface area contributed by atoms with E-state index in [1.54, 1.807) is 14.1 Å². The first-order valence-electron chi connectivity index (χ1n) is 19.5. The molecule has 70 heavy (non-hydrogen) atoms. The van der Waals surface area contributed by atoms with Gasteiger partial charge in [-0.3, -0.25) is 19.2 Å². The van der Waals surface area contributed by atoms with Gasteiger partial charge in [0.2, 0.25) is 6.10 Å². The van der Waals surface area contributed by atoms with Crippen molar-refractivity contribution in [1.82, 2.24) is 21.3 Å². The summed E-state index contributed by atoms with van der Waals surface area (Å²) in [6, 6.07) is -4.51. The van der Waals surface area contributed by atoms with Crippen molar-refractivity contribution >= 4 is 182 Å². The molecule has 0 radical (unpaired) electrons. The van der Waals surface area contributed by atoms with Crippen LogP contribution in [0.5, 0.6) is 0 Å². The number of hydrogen-bond donors (Lipinski definition) is 21. The van der Waals surface area contributed by atoms with Gasteiger partial charge in [-0.15, -0.1) is 0 Å². The Morgan fingerprint density at radius 1 is 0.371 bits per heavy atom. The van der Waals surface area contributed by atoms with Gasteiger partial charge in [-0.2, -0.15) is 0 Å². The van der Waals surface area contributed by atoms with Crippen molar-refractivity contribution in [3.8, 4) is 0 Å². The van der Waals surface area contributed by atoms with Gasteiger partial charge in [-0.05, 0) is 136 Å². The number of carboxylic acids is 2. The zero-order chi connectivity index (χ0) is 54.5. The Morgan fingerprint density at radius 2 is 0.557 bits per heavy atom. The van der Waals surface area contributed by atoms with Gasteiger partial charge in [0.05, 0.1) is 149 Å². The van der Waals surface area contributed by atoms with Crippen LogP contribution in [0.2, 0.25) is 0 Å². The number of rotatable bonds is 24. The van der Waals surface area contributed by atoms with Crippen LogP contribution in [-0.2, 0) is 9.59 Å². The van der Waals surface area contributed by atoms with E-state index in [0.717, 1.165) is 0 Å². The maximum Gasteiger partial charge on any atom is 0.344 e. The fourth-order valence-electron chi connectivity index (χ4n) is 5.20. The molecule has 398 valence electrons. The van der Waals surface area contributed by atoms with E-state index in [-0.39, 0.29) is 29.4 Å². The Balaban J connectivity index is 0.00000117.